The van der Waals surface area contributed by atoms with Crippen molar-refractivity contribution in [1.82, 2.24) is 9.78 Å². The lowest BCUT2D eigenvalue weighted by Gasteiger charge is -2.04. The third-order valence-corrected chi connectivity index (χ3v) is 2.97. The Labute approximate surface area is 121 Å². The van der Waals surface area contributed by atoms with Gasteiger partial charge in [0.1, 0.15) is 5.69 Å². The third-order valence-electron chi connectivity index (χ3n) is 2.97. The quantitative estimate of drug-likeness (QED) is 0.689. The zero-order valence-corrected chi connectivity index (χ0v) is 11.5. The maximum atomic E-state index is 11.9. The van der Waals surface area contributed by atoms with E-state index in [-0.39, 0.29) is 5.69 Å². The van der Waals surface area contributed by atoms with Gasteiger partial charge in [0.15, 0.2) is 11.5 Å². The summed E-state index contributed by atoms with van der Waals surface area (Å²) in [6.07, 6.45) is 1.59. The van der Waals surface area contributed by atoms with Gasteiger partial charge in [-0.1, -0.05) is 18.2 Å². The summed E-state index contributed by atoms with van der Waals surface area (Å²) in [5, 5.41) is 4.34. The molecule has 0 atom stereocenters. The molecule has 0 radical (unpaired) electrons. The molecule has 0 amide bonds. The SMILES string of the molecule is CCOC(=O)c1cc(-c2ccco2)n(-c2ccccc2)n1. The fraction of sp³-hybridized carbons (Fsp3) is 0.125. The smallest absolute Gasteiger partial charge is 0.358 e. The molecule has 0 saturated carbocycles. The molecule has 0 aliphatic heterocycles. The first kappa shape index (κ1) is 13.2. The van der Waals surface area contributed by atoms with Crippen molar-refractivity contribution < 1.29 is 13.9 Å². The molecule has 0 aliphatic carbocycles. The number of rotatable bonds is 4. The summed E-state index contributed by atoms with van der Waals surface area (Å²) >= 11 is 0. The van der Waals surface area contributed by atoms with Gasteiger partial charge in [-0.25, -0.2) is 9.48 Å². The Morgan fingerprint density at radius 1 is 1.24 bits per heavy atom. The minimum absolute atomic E-state index is 0.257. The number of carbonyl (C=O) groups excluding carboxylic acids is 1. The molecule has 5 nitrogen and oxygen atoms in total. The average Bonchev–Trinajstić information content (AvgIpc) is 3.17. The van der Waals surface area contributed by atoms with Gasteiger partial charge >= 0.3 is 5.97 Å². The Balaban J connectivity index is 2.11. The van der Waals surface area contributed by atoms with Gasteiger partial charge in [0, 0.05) is 6.07 Å². The zero-order valence-electron chi connectivity index (χ0n) is 11.5. The lowest BCUT2D eigenvalue weighted by molar-refractivity contribution is 0.0519. The van der Waals surface area contributed by atoms with Crippen molar-refractivity contribution in [1.29, 1.82) is 0 Å². The predicted octanol–water partition coefficient (Wildman–Crippen LogP) is 3.31. The molecule has 0 bridgehead atoms. The van der Waals surface area contributed by atoms with Crippen LogP contribution in [0.5, 0.6) is 0 Å². The normalized spacial score (nSPS) is 10.5. The lowest BCUT2D eigenvalue weighted by atomic mass is 10.2. The number of nitrogens with zero attached hydrogens (tertiary/aromatic N) is 2. The number of para-hydroxylation sites is 1. The Bertz CT molecular complexity index is 730. The highest BCUT2D eigenvalue weighted by molar-refractivity contribution is 5.88. The number of ether oxygens (including phenoxy) is 1. The molecule has 106 valence electrons. The Kier molecular flexibility index (Phi) is 3.55. The molecule has 21 heavy (non-hydrogen) atoms. The highest BCUT2D eigenvalue weighted by atomic mass is 16.5. The predicted molar refractivity (Wildman–Crippen MR) is 77.2 cm³/mol. The summed E-state index contributed by atoms with van der Waals surface area (Å²) in [7, 11) is 0. The van der Waals surface area contributed by atoms with Crippen LogP contribution >= 0.6 is 0 Å². The molecule has 2 aromatic heterocycles. The van der Waals surface area contributed by atoms with Crippen LogP contribution in [0, 0.1) is 0 Å². The summed E-state index contributed by atoms with van der Waals surface area (Å²) in [4.78, 5) is 11.9. The largest absolute Gasteiger partial charge is 0.463 e. The van der Waals surface area contributed by atoms with Crippen molar-refractivity contribution in [3.63, 3.8) is 0 Å². The monoisotopic (exact) mass is 282 g/mol. The third kappa shape index (κ3) is 2.58. The van der Waals surface area contributed by atoms with Crippen LogP contribution in [0.15, 0.2) is 59.2 Å². The molecular weight excluding hydrogens is 268 g/mol. The first-order chi connectivity index (χ1) is 10.3. The zero-order chi connectivity index (χ0) is 14.7. The topological polar surface area (TPSA) is 57.3 Å². The molecule has 0 spiro atoms. The van der Waals surface area contributed by atoms with E-state index in [9.17, 15) is 4.79 Å². The van der Waals surface area contributed by atoms with E-state index >= 15 is 0 Å². The summed E-state index contributed by atoms with van der Waals surface area (Å²) < 4.78 is 12.1. The highest BCUT2D eigenvalue weighted by Gasteiger charge is 2.18. The number of esters is 1. The van der Waals surface area contributed by atoms with E-state index in [1.54, 1.807) is 30.0 Å². The number of hydrogen-bond donors (Lipinski definition) is 0. The standard InChI is InChI=1S/C16H14N2O3/c1-2-20-16(19)13-11-14(15-9-6-10-21-15)18(17-13)12-7-4-3-5-8-12/h3-11H,2H2,1H3. The number of hydrogen-bond acceptors (Lipinski definition) is 4. The van der Waals surface area contributed by atoms with Gasteiger partial charge in [0.25, 0.3) is 0 Å². The molecule has 0 N–H and O–H groups in total. The first-order valence-corrected chi connectivity index (χ1v) is 6.66. The molecule has 0 unspecified atom stereocenters. The summed E-state index contributed by atoms with van der Waals surface area (Å²) in [5.74, 6) is 0.196. The second kappa shape index (κ2) is 5.66. The van der Waals surface area contributed by atoms with Crippen LogP contribution in [0.3, 0.4) is 0 Å². The molecule has 2 heterocycles. The van der Waals surface area contributed by atoms with Crippen LogP contribution in [0.1, 0.15) is 17.4 Å². The van der Waals surface area contributed by atoms with Gasteiger partial charge in [0.2, 0.25) is 0 Å². The van der Waals surface area contributed by atoms with Crippen LogP contribution in [0.4, 0.5) is 0 Å². The molecule has 1 aromatic carbocycles. The number of aromatic nitrogens is 2. The highest BCUT2D eigenvalue weighted by Crippen LogP contribution is 2.24. The summed E-state index contributed by atoms with van der Waals surface area (Å²) in [5.41, 5.74) is 1.81. The van der Waals surface area contributed by atoms with E-state index in [4.69, 9.17) is 9.15 Å². The number of benzene rings is 1. The van der Waals surface area contributed by atoms with Gasteiger partial charge in [-0.2, -0.15) is 5.10 Å². The minimum atomic E-state index is -0.444. The van der Waals surface area contributed by atoms with Gasteiger partial charge in [-0.15, -0.1) is 0 Å². The Morgan fingerprint density at radius 2 is 2.05 bits per heavy atom. The molecule has 3 rings (SSSR count). The van der Waals surface area contributed by atoms with Crippen LogP contribution in [-0.2, 0) is 4.74 Å². The van der Waals surface area contributed by atoms with Crippen molar-refractivity contribution in [3.05, 3.63) is 60.5 Å². The second-order valence-corrected chi connectivity index (χ2v) is 4.36. The summed E-state index contributed by atoms with van der Waals surface area (Å²) in [6, 6.07) is 14.9. The molecule has 0 aliphatic rings. The van der Waals surface area contributed by atoms with E-state index in [1.165, 1.54) is 0 Å². The lowest BCUT2D eigenvalue weighted by Crippen LogP contribution is -2.06. The molecule has 0 saturated heterocycles. The van der Waals surface area contributed by atoms with Crippen LogP contribution in [0.2, 0.25) is 0 Å². The van der Waals surface area contributed by atoms with E-state index < -0.39 is 5.97 Å². The maximum absolute atomic E-state index is 11.9. The van der Waals surface area contributed by atoms with E-state index in [0.717, 1.165) is 5.69 Å². The average molecular weight is 282 g/mol. The molecule has 5 heteroatoms. The fourth-order valence-electron chi connectivity index (χ4n) is 2.05. The summed E-state index contributed by atoms with van der Waals surface area (Å²) in [6.45, 7) is 2.08. The molecule has 3 aromatic rings. The van der Waals surface area contributed by atoms with Crippen molar-refractivity contribution in [3.8, 4) is 17.1 Å². The fourth-order valence-corrected chi connectivity index (χ4v) is 2.05. The van der Waals surface area contributed by atoms with Crippen molar-refractivity contribution in [2.75, 3.05) is 6.61 Å². The second-order valence-electron chi connectivity index (χ2n) is 4.36. The number of furan rings is 1. The maximum Gasteiger partial charge on any atom is 0.358 e. The van der Waals surface area contributed by atoms with Crippen LogP contribution in [0.25, 0.3) is 17.1 Å². The molecule has 0 fully saturated rings. The van der Waals surface area contributed by atoms with E-state index in [1.807, 2.05) is 36.4 Å². The van der Waals surface area contributed by atoms with Crippen LogP contribution < -0.4 is 0 Å². The van der Waals surface area contributed by atoms with Gasteiger partial charge in [-0.3, -0.25) is 0 Å². The Hall–Kier alpha value is -2.82. The molecular formula is C16H14N2O3. The number of carbonyl (C=O) groups is 1. The van der Waals surface area contributed by atoms with Crippen molar-refractivity contribution in [2.45, 2.75) is 6.92 Å². The van der Waals surface area contributed by atoms with Crippen molar-refractivity contribution in [2.24, 2.45) is 0 Å². The van der Waals surface area contributed by atoms with Crippen molar-refractivity contribution >= 4 is 5.97 Å². The van der Waals surface area contributed by atoms with Gasteiger partial charge in [0.05, 0.1) is 18.6 Å². The van der Waals surface area contributed by atoms with E-state index in [2.05, 4.69) is 5.10 Å². The van der Waals surface area contributed by atoms with Gasteiger partial charge < -0.3 is 9.15 Å². The van der Waals surface area contributed by atoms with Gasteiger partial charge in [-0.05, 0) is 31.2 Å². The first-order valence-electron chi connectivity index (χ1n) is 6.66. The van der Waals surface area contributed by atoms with E-state index in [0.29, 0.717) is 18.1 Å². The minimum Gasteiger partial charge on any atom is -0.463 e. The van der Waals surface area contributed by atoms with Crippen LogP contribution in [-0.4, -0.2) is 22.4 Å². The Morgan fingerprint density at radius 3 is 2.71 bits per heavy atom.